The van der Waals surface area contributed by atoms with E-state index in [1.165, 1.54) is 19.3 Å². The van der Waals surface area contributed by atoms with Gasteiger partial charge in [0.2, 0.25) is 5.91 Å². The molecule has 2 fully saturated rings. The van der Waals surface area contributed by atoms with Crippen LogP contribution in [0.25, 0.3) is 10.9 Å². The molecule has 0 bridgehead atoms. The molecule has 4 heteroatoms. The average Bonchev–Trinajstić information content (AvgIpc) is 2.68. The van der Waals surface area contributed by atoms with Gasteiger partial charge in [0.25, 0.3) is 0 Å². The molecule has 1 aromatic heterocycles. The summed E-state index contributed by atoms with van der Waals surface area (Å²) in [7, 11) is 0. The molecule has 2 aliphatic rings. The van der Waals surface area contributed by atoms with Crippen LogP contribution in [0.1, 0.15) is 56.6 Å². The molecule has 1 saturated heterocycles. The van der Waals surface area contributed by atoms with Crippen molar-refractivity contribution < 1.29 is 4.79 Å². The lowest BCUT2D eigenvalue weighted by Gasteiger charge is -2.35. The number of para-hydroxylation sites is 1. The number of anilines is 1. The Hall–Kier alpha value is -2.10. The zero-order valence-electron chi connectivity index (χ0n) is 14.8. The number of benzene rings is 1. The zero-order valence-corrected chi connectivity index (χ0v) is 14.8. The highest BCUT2D eigenvalue weighted by molar-refractivity contribution is 5.82. The first kappa shape index (κ1) is 16.4. The second kappa shape index (κ2) is 7.03. The number of likely N-dealkylation sites (tertiary alicyclic amines) is 1. The number of pyridine rings is 1. The van der Waals surface area contributed by atoms with Crippen molar-refractivity contribution in [2.24, 2.45) is 5.92 Å². The van der Waals surface area contributed by atoms with Crippen LogP contribution in [0.3, 0.4) is 0 Å². The van der Waals surface area contributed by atoms with Crippen molar-refractivity contribution >= 4 is 22.5 Å². The average molecular weight is 337 g/mol. The molecule has 0 atom stereocenters. The molecule has 1 amide bonds. The monoisotopic (exact) mass is 337 g/mol. The fourth-order valence-corrected chi connectivity index (χ4v) is 4.46. The number of fused-ring (bicyclic) bond motifs is 1. The Morgan fingerprint density at radius 1 is 1.04 bits per heavy atom. The van der Waals surface area contributed by atoms with Gasteiger partial charge in [-0.1, -0.05) is 37.5 Å². The summed E-state index contributed by atoms with van der Waals surface area (Å²) in [4.78, 5) is 19.6. The van der Waals surface area contributed by atoms with Crippen LogP contribution in [-0.2, 0) is 4.79 Å². The number of piperidine rings is 1. The molecule has 4 nitrogen and oxygen atoms in total. The normalized spacial score (nSPS) is 20.1. The van der Waals surface area contributed by atoms with Crippen molar-refractivity contribution in [3.63, 3.8) is 0 Å². The van der Waals surface area contributed by atoms with Crippen molar-refractivity contribution in [1.82, 2.24) is 9.88 Å². The van der Waals surface area contributed by atoms with Crippen molar-refractivity contribution in [2.45, 2.75) is 50.9 Å². The van der Waals surface area contributed by atoms with E-state index in [1.54, 1.807) is 0 Å². The van der Waals surface area contributed by atoms with E-state index in [-0.39, 0.29) is 5.92 Å². The number of nitrogens with two attached hydrogens (primary N) is 1. The maximum absolute atomic E-state index is 12.7. The molecule has 2 heterocycles. The maximum Gasteiger partial charge on any atom is 0.225 e. The van der Waals surface area contributed by atoms with Crippen molar-refractivity contribution in [2.75, 3.05) is 18.8 Å². The van der Waals surface area contributed by atoms with E-state index in [4.69, 9.17) is 10.7 Å². The molecule has 4 rings (SSSR count). The summed E-state index contributed by atoms with van der Waals surface area (Å²) in [6.07, 6.45) is 7.81. The first-order valence-corrected chi connectivity index (χ1v) is 9.66. The lowest BCUT2D eigenvalue weighted by molar-refractivity contribution is -0.137. The summed E-state index contributed by atoms with van der Waals surface area (Å²) in [5, 5.41) is 1.09. The molecule has 2 aromatic rings. The molecule has 1 aliphatic heterocycles. The summed E-state index contributed by atoms with van der Waals surface area (Å²) < 4.78 is 0. The largest absolute Gasteiger partial charge is 0.397 e. The molecule has 1 aromatic carbocycles. The third-order valence-corrected chi connectivity index (χ3v) is 5.93. The number of carbonyl (C=O) groups is 1. The minimum Gasteiger partial charge on any atom is -0.397 e. The number of nitrogen functional groups attached to an aromatic ring is 1. The van der Waals surface area contributed by atoms with Gasteiger partial charge in [0, 0.05) is 30.3 Å². The Morgan fingerprint density at radius 3 is 2.52 bits per heavy atom. The standard InChI is InChI=1S/C21H27N3O/c22-18-14-17-8-4-5-9-19(17)23-20(18)15-10-12-24(13-11-15)21(25)16-6-2-1-3-7-16/h4-5,8-9,14-16H,1-3,6-7,10-13,22H2. The molecule has 0 spiro atoms. The van der Waals surface area contributed by atoms with E-state index < -0.39 is 0 Å². The third kappa shape index (κ3) is 3.35. The lowest BCUT2D eigenvalue weighted by atomic mass is 9.86. The smallest absolute Gasteiger partial charge is 0.225 e. The SMILES string of the molecule is Nc1cc2ccccc2nc1C1CCN(C(=O)C2CCCCC2)CC1. The van der Waals surface area contributed by atoms with E-state index in [0.29, 0.717) is 11.8 Å². The molecule has 2 N–H and O–H groups in total. The predicted molar refractivity (Wildman–Crippen MR) is 101 cm³/mol. The maximum atomic E-state index is 12.7. The highest BCUT2D eigenvalue weighted by Gasteiger charge is 2.30. The molecule has 1 aliphatic carbocycles. The minimum atomic E-state index is 0.272. The van der Waals surface area contributed by atoms with Gasteiger partial charge in [-0.3, -0.25) is 9.78 Å². The fraction of sp³-hybridized carbons (Fsp3) is 0.524. The Balaban J connectivity index is 1.45. The van der Waals surface area contributed by atoms with Gasteiger partial charge < -0.3 is 10.6 Å². The molecular formula is C21H27N3O. The van der Waals surface area contributed by atoms with Gasteiger partial charge in [-0.2, -0.15) is 0 Å². The Bertz CT molecular complexity index is 759. The number of rotatable bonds is 2. The second-order valence-corrected chi connectivity index (χ2v) is 7.59. The number of carbonyl (C=O) groups excluding carboxylic acids is 1. The Labute approximate surface area is 149 Å². The topological polar surface area (TPSA) is 59.2 Å². The number of hydrogen-bond donors (Lipinski definition) is 1. The van der Waals surface area contributed by atoms with Crippen LogP contribution < -0.4 is 5.73 Å². The van der Waals surface area contributed by atoms with E-state index in [1.807, 2.05) is 30.3 Å². The van der Waals surface area contributed by atoms with E-state index in [2.05, 4.69) is 4.90 Å². The zero-order chi connectivity index (χ0) is 17.2. The van der Waals surface area contributed by atoms with Crippen LogP contribution in [0, 0.1) is 5.92 Å². The number of amides is 1. The quantitative estimate of drug-likeness (QED) is 0.897. The second-order valence-electron chi connectivity index (χ2n) is 7.59. The Morgan fingerprint density at radius 2 is 1.76 bits per heavy atom. The van der Waals surface area contributed by atoms with E-state index >= 15 is 0 Å². The van der Waals surface area contributed by atoms with E-state index in [9.17, 15) is 4.79 Å². The third-order valence-electron chi connectivity index (χ3n) is 5.93. The highest BCUT2D eigenvalue weighted by Crippen LogP contribution is 2.33. The molecule has 132 valence electrons. The van der Waals surface area contributed by atoms with Crippen molar-refractivity contribution in [3.05, 3.63) is 36.0 Å². The summed E-state index contributed by atoms with van der Waals surface area (Å²) in [5.74, 6) is 1.02. The molecule has 0 radical (unpaired) electrons. The summed E-state index contributed by atoms with van der Waals surface area (Å²) >= 11 is 0. The summed E-state index contributed by atoms with van der Waals surface area (Å²) in [6.45, 7) is 1.68. The fourth-order valence-electron chi connectivity index (χ4n) is 4.46. The molecular weight excluding hydrogens is 310 g/mol. The van der Waals surface area contributed by atoms with Crippen LogP contribution in [0.2, 0.25) is 0 Å². The van der Waals surface area contributed by atoms with Crippen molar-refractivity contribution in [1.29, 1.82) is 0 Å². The van der Waals surface area contributed by atoms with Gasteiger partial charge in [0.1, 0.15) is 0 Å². The van der Waals surface area contributed by atoms with Gasteiger partial charge in [-0.05, 0) is 37.8 Å². The summed E-state index contributed by atoms with van der Waals surface area (Å²) in [5.41, 5.74) is 9.10. The van der Waals surface area contributed by atoms with Crippen LogP contribution in [0.5, 0.6) is 0 Å². The first-order valence-electron chi connectivity index (χ1n) is 9.66. The van der Waals surface area contributed by atoms with Crippen LogP contribution in [0.15, 0.2) is 30.3 Å². The van der Waals surface area contributed by atoms with Gasteiger partial charge in [0.05, 0.1) is 16.9 Å². The molecule has 25 heavy (non-hydrogen) atoms. The van der Waals surface area contributed by atoms with Crippen LogP contribution >= 0.6 is 0 Å². The van der Waals surface area contributed by atoms with Gasteiger partial charge in [-0.25, -0.2) is 0 Å². The minimum absolute atomic E-state index is 0.272. The summed E-state index contributed by atoms with van der Waals surface area (Å²) in [6, 6.07) is 10.2. The molecule has 1 saturated carbocycles. The van der Waals surface area contributed by atoms with Crippen LogP contribution in [-0.4, -0.2) is 28.9 Å². The predicted octanol–water partition coefficient (Wildman–Crippen LogP) is 4.10. The Kier molecular flexibility index (Phi) is 4.60. The van der Waals surface area contributed by atoms with Gasteiger partial charge >= 0.3 is 0 Å². The van der Waals surface area contributed by atoms with Crippen molar-refractivity contribution in [3.8, 4) is 0 Å². The number of aromatic nitrogens is 1. The van der Waals surface area contributed by atoms with Crippen LogP contribution in [0.4, 0.5) is 5.69 Å². The lowest BCUT2D eigenvalue weighted by Crippen LogP contribution is -2.42. The van der Waals surface area contributed by atoms with Gasteiger partial charge in [-0.15, -0.1) is 0 Å². The number of nitrogens with zero attached hydrogens (tertiary/aromatic N) is 2. The molecule has 0 unspecified atom stereocenters. The first-order chi connectivity index (χ1) is 12.2. The van der Waals surface area contributed by atoms with E-state index in [0.717, 1.165) is 61.1 Å². The highest BCUT2D eigenvalue weighted by atomic mass is 16.2. The van der Waals surface area contributed by atoms with Gasteiger partial charge in [0.15, 0.2) is 0 Å². The number of hydrogen-bond acceptors (Lipinski definition) is 3.